The highest BCUT2D eigenvalue weighted by Crippen LogP contribution is 2.34. The number of anilines is 1. The van der Waals surface area contributed by atoms with Crippen LogP contribution in [0.25, 0.3) is 0 Å². The summed E-state index contributed by atoms with van der Waals surface area (Å²) in [5.41, 5.74) is 2.76. The third-order valence-electron chi connectivity index (χ3n) is 4.67. The van der Waals surface area contributed by atoms with Crippen molar-refractivity contribution >= 4 is 34.0 Å². The maximum absolute atomic E-state index is 12.3. The number of thiophene rings is 1. The fourth-order valence-electron chi connectivity index (χ4n) is 3.25. The molecule has 0 spiro atoms. The van der Waals surface area contributed by atoms with Gasteiger partial charge in [0.2, 0.25) is 5.91 Å². The molecule has 0 radical (unpaired) electrons. The number of thioether (sulfide) groups is 1. The van der Waals surface area contributed by atoms with Gasteiger partial charge in [-0.2, -0.15) is 5.26 Å². The zero-order chi connectivity index (χ0) is 17.8. The van der Waals surface area contributed by atoms with Crippen LogP contribution >= 0.6 is 23.1 Å². The van der Waals surface area contributed by atoms with Gasteiger partial charge in [0.05, 0.1) is 17.0 Å². The van der Waals surface area contributed by atoms with Crippen LogP contribution in [-0.2, 0) is 4.79 Å². The second-order valence-corrected chi connectivity index (χ2v) is 8.20. The highest BCUT2D eigenvalue weighted by molar-refractivity contribution is 7.99. The molecule has 2 aromatic rings. The Labute approximate surface area is 156 Å². The van der Waals surface area contributed by atoms with Crippen molar-refractivity contribution in [2.45, 2.75) is 57.1 Å². The number of aromatic nitrogens is 2. The number of aryl methyl sites for hydroxylation is 1. The summed E-state index contributed by atoms with van der Waals surface area (Å²) >= 11 is 2.85. The highest BCUT2D eigenvalue weighted by Gasteiger charge is 2.22. The van der Waals surface area contributed by atoms with Gasteiger partial charge in [-0.15, -0.1) is 11.3 Å². The first-order chi connectivity index (χ1) is 12.1. The average Bonchev–Trinajstić information content (AvgIpc) is 3.18. The minimum Gasteiger partial charge on any atom is -0.320 e. The van der Waals surface area contributed by atoms with Gasteiger partial charge >= 0.3 is 0 Å². The lowest BCUT2D eigenvalue weighted by molar-refractivity contribution is -0.113. The molecule has 1 aliphatic rings. The quantitative estimate of drug-likeness (QED) is 0.772. The van der Waals surface area contributed by atoms with E-state index in [1.807, 2.05) is 12.3 Å². The summed E-state index contributed by atoms with van der Waals surface area (Å²) in [7, 11) is 0. The van der Waals surface area contributed by atoms with Crippen molar-refractivity contribution in [2.75, 3.05) is 11.1 Å². The Hall–Kier alpha value is -1.78. The van der Waals surface area contributed by atoms with E-state index in [1.54, 1.807) is 6.07 Å². The fraction of sp³-hybridized carbons (Fsp3) is 0.500. The fourth-order valence-corrected chi connectivity index (χ4v) is 4.97. The van der Waals surface area contributed by atoms with Crippen LogP contribution in [0.4, 0.5) is 5.00 Å². The van der Waals surface area contributed by atoms with Crippen LogP contribution in [0.2, 0.25) is 0 Å². The van der Waals surface area contributed by atoms with E-state index in [9.17, 15) is 4.79 Å². The predicted molar refractivity (Wildman–Crippen MR) is 102 cm³/mol. The number of hydrogen-bond donors (Lipinski definition) is 1. The Morgan fingerprint density at radius 1 is 1.44 bits per heavy atom. The van der Waals surface area contributed by atoms with Crippen LogP contribution in [-0.4, -0.2) is 21.2 Å². The van der Waals surface area contributed by atoms with Gasteiger partial charge in [0.25, 0.3) is 0 Å². The summed E-state index contributed by atoms with van der Waals surface area (Å²) in [5.74, 6) is 0.197. The third kappa shape index (κ3) is 4.07. The molecule has 0 saturated heterocycles. The van der Waals surface area contributed by atoms with E-state index in [1.165, 1.54) is 60.9 Å². The first-order valence-electron chi connectivity index (χ1n) is 8.56. The van der Waals surface area contributed by atoms with Crippen LogP contribution in [0, 0.1) is 25.2 Å². The summed E-state index contributed by atoms with van der Waals surface area (Å²) in [6, 6.07) is 4.31. The highest BCUT2D eigenvalue weighted by atomic mass is 32.2. The second-order valence-electron chi connectivity index (χ2n) is 6.34. The monoisotopic (exact) mass is 374 g/mol. The first kappa shape index (κ1) is 18.0. The number of carbonyl (C=O) groups excluding carboxylic acids is 1. The Morgan fingerprint density at radius 2 is 2.20 bits per heavy atom. The van der Waals surface area contributed by atoms with Gasteiger partial charge in [-0.1, -0.05) is 31.0 Å². The molecule has 0 unspecified atom stereocenters. The molecule has 1 saturated carbocycles. The summed E-state index contributed by atoms with van der Waals surface area (Å²) < 4.78 is 2.33. The van der Waals surface area contributed by atoms with Gasteiger partial charge < -0.3 is 9.88 Å². The van der Waals surface area contributed by atoms with E-state index in [-0.39, 0.29) is 5.91 Å². The van der Waals surface area contributed by atoms with Gasteiger partial charge in [-0.05, 0) is 38.1 Å². The SMILES string of the molecule is Cc1nc(SCC(=O)Nc2sccc2C#N)n(C2CCCCC2)c1C. The molecule has 1 fully saturated rings. The number of rotatable bonds is 5. The van der Waals surface area contributed by atoms with Crippen molar-refractivity contribution in [2.24, 2.45) is 0 Å². The number of hydrogen-bond acceptors (Lipinski definition) is 5. The maximum atomic E-state index is 12.3. The molecule has 0 atom stereocenters. The zero-order valence-corrected chi connectivity index (χ0v) is 16.2. The molecule has 25 heavy (non-hydrogen) atoms. The van der Waals surface area contributed by atoms with Gasteiger partial charge in [-0.3, -0.25) is 4.79 Å². The zero-order valence-electron chi connectivity index (χ0n) is 14.5. The van der Waals surface area contributed by atoms with Crippen LogP contribution < -0.4 is 5.32 Å². The number of nitriles is 1. The second kappa shape index (κ2) is 8.07. The molecule has 1 amide bonds. The topological polar surface area (TPSA) is 70.7 Å². The summed E-state index contributed by atoms with van der Waals surface area (Å²) in [6.45, 7) is 4.15. The van der Waals surface area contributed by atoms with Gasteiger partial charge in [0.1, 0.15) is 11.1 Å². The Bertz CT molecular complexity index is 797. The van der Waals surface area contributed by atoms with E-state index in [0.717, 1.165) is 10.9 Å². The molecule has 0 aromatic carbocycles. The third-order valence-corrected chi connectivity index (χ3v) is 6.45. The standard InChI is InChI=1S/C18H22N4OS2/c1-12-13(2)22(15-6-4-3-5-7-15)18(20-12)25-11-16(23)21-17-14(10-19)8-9-24-17/h8-9,15H,3-7,11H2,1-2H3,(H,21,23). The van der Waals surface area contributed by atoms with Crippen molar-refractivity contribution in [3.8, 4) is 6.07 Å². The van der Waals surface area contributed by atoms with Gasteiger partial charge in [0.15, 0.2) is 5.16 Å². The molecule has 7 heteroatoms. The number of carbonyl (C=O) groups is 1. The maximum Gasteiger partial charge on any atom is 0.235 e. The number of nitrogens with zero attached hydrogens (tertiary/aromatic N) is 3. The van der Waals surface area contributed by atoms with Crippen molar-refractivity contribution in [1.82, 2.24) is 9.55 Å². The van der Waals surface area contributed by atoms with Crippen LogP contribution in [0.3, 0.4) is 0 Å². The molecule has 2 heterocycles. The number of imidazole rings is 1. The van der Waals surface area contributed by atoms with Gasteiger partial charge in [0, 0.05) is 11.7 Å². The van der Waals surface area contributed by atoms with Crippen molar-refractivity contribution in [1.29, 1.82) is 5.26 Å². The molecule has 1 N–H and O–H groups in total. The molecule has 0 aliphatic heterocycles. The number of amides is 1. The van der Waals surface area contributed by atoms with E-state index in [2.05, 4.69) is 27.9 Å². The van der Waals surface area contributed by atoms with E-state index in [4.69, 9.17) is 5.26 Å². The van der Waals surface area contributed by atoms with Crippen LogP contribution in [0.1, 0.15) is 55.1 Å². The first-order valence-corrected chi connectivity index (χ1v) is 10.4. The largest absolute Gasteiger partial charge is 0.320 e. The Morgan fingerprint density at radius 3 is 2.92 bits per heavy atom. The summed E-state index contributed by atoms with van der Waals surface area (Å²) in [4.78, 5) is 16.9. The van der Waals surface area contributed by atoms with E-state index in [0.29, 0.717) is 22.4 Å². The predicted octanol–water partition coefficient (Wildman–Crippen LogP) is 4.67. The Kier molecular flexibility index (Phi) is 5.82. The van der Waals surface area contributed by atoms with Crippen LogP contribution in [0.15, 0.2) is 16.6 Å². The Balaban J connectivity index is 1.67. The molecule has 2 aromatic heterocycles. The summed E-state index contributed by atoms with van der Waals surface area (Å²) in [5, 5.41) is 15.2. The van der Waals surface area contributed by atoms with Crippen molar-refractivity contribution in [3.63, 3.8) is 0 Å². The minimum absolute atomic E-state index is 0.0996. The average molecular weight is 375 g/mol. The normalized spacial score (nSPS) is 15.1. The summed E-state index contributed by atoms with van der Waals surface area (Å²) in [6.07, 6.45) is 6.23. The van der Waals surface area contributed by atoms with Crippen LogP contribution in [0.5, 0.6) is 0 Å². The lowest BCUT2D eigenvalue weighted by Gasteiger charge is -2.26. The van der Waals surface area contributed by atoms with Crippen molar-refractivity contribution in [3.05, 3.63) is 28.4 Å². The lowest BCUT2D eigenvalue weighted by atomic mass is 9.95. The lowest BCUT2D eigenvalue weighted by Crippen LogP contribution is -2.17. The van der Waals surface area contributed by atoms with E-state index < -0.39 is 0 Å². The minimum atomic E-state index is -0.0996. The molecular weight excluding hydrogens is 352 g/mol. The van der Waals surface area contributed by atoms with Crippen molar-refractivity contribution < 1.29 is 4.79 Å². The van der Waals surface area contributed by atoms with E-state index >= 15 is 0 Å². The van der Waals surface area contributed by atoms with Gasteiger partial charge in [-0.25, -0.2) is 4.98 Å². The number of nitrogens with one attached hydrogen (secondary N) is 1. The molecule has 0 bridgehead atoms. The molecule has 132 valence electrons. The molecule has 5 nitrogen and oxygen atoms in total. The molecule has 1 aliphatic carbocycles. The molecular formula is C18H22N4OS2. The molecule has 3 rings (SSSR count). The smallest absolute Gasteiger partial charge is 0.235 e.